The molecule has 298 valence electrons. The lowest BCUT2D eigenvalue weighted by Crippen LogP contribution is -2.13. The Bertz CT molecular complexity index is 2740. The number of halogens is 2. The molecule has 7 aromatic rings. The molecule has 0 saturated heterocycles. The van der Waals surface area contributed by atoms with Crippen molar-refractivity contribution >= 4 is 103 Å². The molecule has 16 heteroatoms. The summed E-state index contributed by atoms with van der Waals surface area (Å²) in [6, 6.07) is 31.7. The fourth-order valence-corrected chi connectivity index (χ4v) is 6.50. The van der Waals surface area contributed by atoms with E-state index in [0.29, 0.717) is 32.9 Å². The maximum absolute atomic E-state index is 13.6. The first kappa shape index (κ1) is 40.5. The van der Waals surface area contributed by atoms with Crippen LogP contribution in [0.1, 0.15) is 41.4 Å². The second kappa shape index (κ2) is 17.4. The molecule has 14 nitrogen and oxygen atoms in total. The standard InChI is InChI=1S/C44H30Cl2N6O8/c1-59-43(57)31-17-11-25(45)21-35(31)49-51-37-29-9-5-3-7-23(29)19-33(39(37)53)41(55)47-27-13-15-28(16-14-27)48-42(56)34-20-24-8-4-6-10-30(24)38(40(34)54)52-50-36-22-26(46)12-18-32(36)44(58)60-2/h3-22,53-54H,1-2H3,(H,47,55)(H,48,56). The zero-order valence-electron chi connectivity index (χ0n) is 31.4. The Morgan fingerprint density at radius 3 is 1.27 bits per heavy atom. The first-order valence-electron chi connectivity index (χ1n) is 17.8. The van der Waals surface area contributed by atoms with E-state index in [2.05, 4.69) is 31.1 Å². The number of amides is 2. The molecule has 0 spiro atoms. The Morgan fingerprint density at radius 1 is 0.500 bits per heavy atom. The van der Waals surface area contributed by atoms with E-state index in [-0.39, 0.29) is 55.0 Å². The van der Waals surface area contributed by atoms with Gasteiger partial charge in [-0.15, -0.1) is 20.5 Å². The van der Waals surface area contributed by atoms with Crippen molar-refractivity contribution in [1.82, 2.24) is 0 Å². The van der Waals surface area contributed by atoms with E-state index in [0.717, 1.165) is 0 Å². The number of fused-ring (bicyclic) bond motifs is 2. The van der Waals surface area contributed by atoms with E-state index in [1.165, 1.54) is 87.0 Å². The molecule has 0 aliphatic heterocycles. The van der Waals surface area contributed by atoms with Gasteiger partial charge in [0.25, 0.3) is 11.8 Å². The number of rotatable bonds is 10. The third-order valence-electron chi connectivity index (χ3n) is 9.13. The minimum Gasteiger partial charge on any atom is -0.505 e. The Labute approximate surface area is 350 Å². The summed E-state index contributed by atoms with van der Waals surface area (Å²) in [6.45, 7) is 0. The molecule has 0 heterocycles. The normalized spacial score (nSPS) is 11.3. The van der Waals surface area contributed by atoms with Crippen LogP contribution in [0.5, 0.6) is 11.5 Å². The van der Waals surface area contributed by atoms with E-state index in [1.807, 2.05) is 0 Å². The summed E-state index contributed by atoms with van der Waals surface area (Å²) in [4.78, 5) is 51.9. The van der Waals surface area contributed by atoms with Crippen LogP contribution >= 0.6 is 23.2 Å². The Hall–Kier alpha value is -7.68. The number of nitrogens with zero attached hydrogens (tertiary/aromatic N) is 4. The second-order valence-electron chi connectivity index (χ2n) is 12.9. The van der Waals surface area contributed by atoms with Gasteiger partial charge in [-0.25, -0.2) is 9.59 Å². The maximum atomic E-state index is 13.6. The molecule has 0 saturated carbocycles. The van der Waals surface area contributed by atoms with Crippen LogP contribution in [0.4, 0.5) is 34.1 Å². The van der Waals surface area contributed by atoms with Crippen molar-refractivity contribution in [3.8, 4) is 11.5 Å². The summed E-state index contributed by atoms with van der Waals surface area (Å²) in [5, 5.41) is 47.7. The number of aromatic hydroxyl groups is 2. The first-order valence-corrected chi connectivity index (χ1v) is 18.5. The van der Waals surface area contributed by atoms with E-state index in [4.69, 9.17) is 32.7 Å². The predicted octanol–water partition coefficient (Wildman–Crippen LogP) is 11.6. The average molecular weight is 842 g/mol. The van der Waals surface area contributed by atoms with Crippen molar-refractivity contribution in [2.75, 3.05) is 24.9 Å². The lowest BCUT2D eigenvalue weighted by Gasteiger charge is -2.13. The van der Waals surface area contributed by atoms with Crippen LogP contribution in [0, 0.1) is 0 Å². The summed E-state index contributed by atoms with van der Waals surface area (Å²) in [5.74, 6) is -3.62. The van der Waals surface area contributed by atoms with Gasteiger partial charge < -0.3 is 30.3 Å². The maximum Gasteiger partial charge on any atom is 0.340 e. The van der Waals surface area contributed by atoms with Crippen molar-refractivity contribution < 1.29 is 38.9 Å². The molecule has 0 unspecified atom stereocenters. The van der Waals surface area contributed by atoms with E-state index in [9.17, 15) is 29.4 Å². The van der Waals surface area contributed by atoms with Gasteiger partial charge in [-0.3, -0.25) is 9.59 Å². The molecule has 0 radical (unpaired) electrons. The van der Waals surface area contributed by atoms with Crippen molar-refractivity contribution in [3.63, 3.8) is 0 Å². The van der Waals surface area contributed by atoms with Crippen LogP contribution in [-0.2, 0) is 9.47 Å². The van der Waals surface area contributed by atoms with Crippen LogP contribution in [0.3, 0.4) is 0 Å². The summed E-state index contributed by atoms with van der Waals surface area (Å²) in [5.41, 5.74) is 0.722. The lowest BCUT2D eigenvalue weighted by atomic mass is 10.0. The molecule has 0 bridgehead atoms. The van der Waals surface area contributed by atoms with Crippen molar-refractivity contribution in [1.29, 1.82) is 0 Å². The Morgan fingerprint density at radius 2 is 0.883 bits per heavy atom. The number of anilines is 2. The van der Waals surface area contributed by atoms with Crippen LogP contribution in [0.25, 0.3) is 21.5 Å². The molecule has 0 atom stereocenters. The quantitative estimate of drug-likeness (QED) is 0.0769. The minimum atomic E-state index is -0.677. The van der Waals surface area contributed by atoms with Gasteiger partial charge in [0.1, 0.15) is 22.7 Å². The summed E-state index contributed by atoms with van der Waals surface area (Å²) < 4.78 is 9.67. The van der Waals surface area contributed by atoms with Crippen molar-refractivity contribution in [2.24, 2.45) is 20.5 Å². The Balaban J connectivity index is 1.13. The van der Waals surface area contributed by atoms with Gasteiger partial charge in [0.2, 0.25) is 0 Å². The number of phenolic OH excluding ortho intramolecular Hbond substituents is 2. The molecule has 0 fully saturated rings. The van der Waals surface area contributed by atoms with E-state index < -0.39 is 35.3 Å². The number of hydrogen-bond donors (Lipinski definition) is 4. The Kier molecular flexibility index (Phi) is 11.8. The third-order valence-corrected chi connectivity index (χ3v) is 9.60. The molecule has 0 aliphatic rings. The highest BCUT2D eigenvalue weighted by molar-refractivity contribution is 6.31. The van der Waals surface area contributed by atoms with Crippen LogP contribution in [-0.4, -0.2) is 48.2 Å². The monoisotopic (exact) mass is 840 g/mol. The average Bonchev–Trinajstić information content (AvgIpc) is 3.25. The number of esters is 2. The predicted molar refractivity (Wildman–Crippen MR) is 228 cm³/mol. The van der Waals surface area contributed by atoms with Gasteiger partial charge in [-0.2, -0.15) is 0 Å². The van der Waals surface area contributed by atoms with Gasteiger partial charge in [0.15, 0.2) is 11.5 Å². The summed E-state index contributed by atoms with van der Waals surface area (Å²) in [7, 11) is 2.45. The highest BCUT2D eigenvalue weighted by atomic mass is 35.5. The summed E-state index contributed by atoms with van der Waals surface area (Å²) in [6.07, 6.45) is 0. The number of carbonyl (C=O) groups is 4. The van der Waals surface area contributed by atoms with Gasteiger partial charge in [0.05, 0.1) is 36.5 Å². The SMILES string of the molecule is COC(=O)c1ccc(Cl)cc1N=Nc1c(O)c(C(=O)Nc2ccc(NC(=O)c3cc4ccccc4c(N=Nc4cc(Cl)ccc4C(=O)OC)c3O)cc2)cc2ccccc12. The third kappa shape index (κ3) is 8.45. The number of hydrogen-bond acceptors (Lipinski definition) is 12. The molecule has 0 aliphatic carbocycles. The van der Waals surface area contributed by atoms with Crippen LogP contribution in [0.2, 0.25) is 10.0 Å². The second-order valence-corrected chi connectivity index (χ2v) is 13.7. The molecule has 7 aromatic carbocycles. The van der Waals surface area contributed by atoms with Crippen molar-refractivity contribution in [3.05, 3.63) is 154 Å². The molecule has 60 heavy (non-hydrogen) atoms. The number of nitrogens with one attached hydrogen (secondary N) is 2. The van der Waals surface area contributed by atoms with Gasteiger partial charge in [-0.05, 0) is 83.6 Å². The van der Waals surface area contributed by atoms with Gasteiger partial charge in [0, 0.05) is 32.2 Å². The topological polar surface area (TPSA) is 201 Å². The molecular formula is C44H30Cl2N6O8. The van der Waals surface area contributed by atoms with Crippen molar-refractivity contribution in [2.45, 2.75) is 0 Å². The lowest BCUT2D eigenvalue weighted by molar-refractivity contribution is 0.0592. The van der Waals surface area contributed by atoms with E-state index >= 15 is 0 Å². The zero-order valence-corrected chi connectivity index (χ0v) is 32.9. The number of azo groups is 2. The number of ether oxygens (including phenoxy) is 2. The smallest absolute Gasteiger partial charge is 0.340 e. The van der Waals surface area contributed by atoms with E-state index in [1.54, 1.807) is 48.5 Å². The summed E-state index contributed by atoms with van der Waals surface area (Å²) >= 11 is 12.3. The number of phenols is 2. The minimum absolute atomic E-state index is 0.0240. The molecular weight excluding hydrogens is 811 g/mol. The molecule has 4 N–H and O–H groups in total. The fourth-order valence-electron chi connectivity index (χ4n) is 6.17. The highest BCUT2D eigenvalue weighted by Crippen LogP contribution is 2.42. The number of methoxy groups -OCH3 is 2. The largest absolute Gasteiger partial charge is 0.505 e. The van der Waals surface area contributed by atoms with Gasteiger partial charge in [-0.1, -0.05) is 71.7 Å². The molecule has 0 aromatic heterocycles. The number of carbonyl (C=O) groups excluding carboxylic acids is 4. The first-order chi connectivity index (χ1) is 28.9. The highest BCUT2D eigenvalue weighted by Gasteiger charge is 2.22. The fraction of sp³-hybridized carbons (Fsp3) is 0.0455. The van der Waals surface area contributed by atoms with Crippen LogP contribution < -0.4 is 10.6 Å². The molecule has 2 amide bonds. The van der Waals surface area contributed by atoms with Gasteiger partial charge >= 0.3 is 11.9 Å². The zero-order chi connectivity index (χ0) is 42.5. The van der Waals surface area contributed by atoms with Crippen LogP contribution in [0.15, 0.2) is 142 Å². The molecule has 7 rings (SSSR count). The number of benzene rings is 7.